The van der Waals surface area contributed by atoms with Crippen molar-refractivity contribution < 1.29 is 34.1 Å². The molecule has 0 spiro atoms. The topological polar surface area (TPSA) is 166 Å². The zero-order valence-corrected chi connectivity index (χ0v) is 19.1. The number of nitro benzene ring substituents is 2. The van der Waals surface area contributed by atoms with E-state index < -0.39 is 39.7 Å². The van der Waals surface area contributed by atoms with Crippen molar-refractivity contribution in [2.45, 2.75) is 12.1 Å². The summed E-state index contributed by atoms with van der Waals surface area (Å²) in [6, 6.07) is 14.0. The summed E-state index contributed by atoms with van der Waals surface area (Å²) in [5.41, 5.74) is 0.648. The van der Waals surface area contributed by atoms with Crippen LogP contribution in [0.1, 0.15) is 11.6 Å². The summed E-state index contributed by atoms with van der Waals surface area (Å²) in [6.45, 7) is 0. The van der Waals surface area contributed by atoms with Crippen LogP contribution in [0.5, 0.6) is 11.5 Å². The van der Waals surface area contributed by atoms with Gasteiger partial charge in [0.2, 0.25) is 5.91 Å². The van der Waals surface area contributed by atoms with E-state index in [9.17, 15) is 34.9 Å². The molecule has 0 radical (unpaired) electrons. The van der Waals surface area contributed by atoms with E-state index in [1.807, 2.05) is 0 Å². The molecule has 2 aliphatic rings. The Hall–Kier alpha value is -5.04. The highest BCUT2D eigenvalue weighted by molar-refractivity contribution is 6.24. The molecule has 2 amide bonds. The predicted molar refractivity (Wildman–Crippen MR) is 127 cm³/mol. The van der Waals surface area contributed by atoms with Gasteiger partial charge in [0, 0.05) is 24.3 Å². The first-order valence-electron chi connectivity index (χ1n) is 10.9. The van der Waals surface area contributed by atoms with Crippen molar-refractivity contribution in [2.75, 3.05) is 17.1 Å². The number of methoxy groups -OCH3 is 1. The summed E-state index contributed by atoms with van der Waals surface area (Å²) in [4.78, 5) is 54.8. The number of phenolic OH excluding ortho intramolecular Hbond substituents is 1. The van der Waals surface area contributed by atoms with Crippen molar-refractivity contribution >= 4 is 34.6 Å². The molecule has 0 unspecified atom stereocenters. The molecule has 2 fully saturated rings. The number of non-ortho nitro benzene ring substituents is 2. The molecule has 5 rings (SSSR count). The van der Waals surface area contributed by atoms with Gasteiger partial charge in [0.15, 0.2) is 17.6 Å². The Morgan fingerprint density at radius 2 is 1.43 bits per heavy atom. The average Bonchev–Trinajstić information content (AvgIpc) is 3.40. The third-order valence-electron chi connectivity index (χ3n) is 6.29. The number of benzene rings is 3. The predicted octanol–water partition coefficient (Wildman–Crippen LogP) is 3.27. The summed E-state index contributed by atoms with van der Waals surface area (Å²) in [6.07, 6.45) is -1.23. The first-order valence-corrected chi connectivity index (χ1v) is 10.9. The van der Waals surface area contributed by atoms with Gasteiger partial charge in [-0.3, -0.25) is 34.7 Å². The molecular weight excluding hydrogens is 488 g/mol. The van der Waals surface area contributed by atoms with Crippen LogP contribution in [0.15, 0.2) is 66.7 Å². The summed E-state index contributed by atoms with van der Waals surface area (Å²) < 4.78 is 5.21. The van der Waals surface area contributed by atoms with Gasteiger partial charge in [-0.25, -0.2) is 9.96 Å². The van der Waals surface area contributed by atoms with Gasteiger partial charge in [-0.15, -0.1) is 0 Å². The van der Waals surface area contributed by atoms with Gasteiger partial charge >= 0.3 is 0 Å². The Bertz CT molecular complexity index is 1430. The molecule has 3 aromatic carbocycles. The molecule has 3 aromatic rings. The number of nitro groups is 2. The number of hydroxylamine groups is 1. The van der Waals surface area contributed by atoms with Gasteiger partial charge in [0.25, 0.3) is 17.3 Å². The van der Waals surface area contributed by atoms with E-state index >= 15 is 0 Å². The molecule has 0 aliphatic carbocycles. The number of hydrogen-bond acceptors (Lipinski definition) is 10. The normalized spacial score (nSPS) is 20.7. The minimum absolute atomic E-state index is 0.133. The molecule has 2 aliphatic heterocycles. The fourth-order valence-electron chi connectivity index (χ4n) is 4.55. The van der Waals surface area contributed by atoms with E-state index in [1.54, 1.807) is 6.07 Å². The Kier molecular flexibility index (Phi) is 5.68. The number of fused-ring (bicyclic) bond motifs is 1. The van der Waals surface area contributed by atoms with Crippen LogP contribution in [-0.4, -0.2) is 40.0 Å². The van der Waals surface area contributed by atoms with Crippen molar-refractivity contribution in [2.24, 2.45) is 5.92 Å². The number of anilines is 2. The van der Waals surface area contributed by atoms with E-state index in [0.29, 0.717) is 11.3 Å². The zero-order valence-electron chi connectivity index (χ0n) is 19.1. The second kappa shape index (κ2) is 8.87. The lowest BCUT2D eigenvalue weighted by Crippen LogP contribution is -2.37. The Morgan fingerprint density at radius 1 is 0.865 bits per heavy atom. The standard InChI is InChI=1S/C24H18N4O9/c1-36-19-12-13(2-11-18(19)29)21-20-22(37-26(21)15-5-9-17(10-6-15)28(34)35)24(31)25(23(20)30)14-3-7-16(8-4-14)27(32)33/h2-12,20-22,29H,1H3/t20-,21+,22+/m1/s1. The minimum atomic E-state index is -1.23. The average molecular weight is 506 g/mol. The fourth-order valence-corrected chi connectivity index (χ4v) is 4.55. The molecule has 0 saturated carbocycles. The third-order valence-corrected chi connectivity index (χ3v) is 6.29. The second-order valence-electron chi connectivity index (χ2n) is 8.31. The molecule has 37 heavy (non-hydrogen) atoms. The minimum Gasteiger partial charge on any atom is -0.504 e. The molecule has 2 heterocycles. The summed E-state index contributed by atoms with van der Waals surface area (Å²) >= 11 is 0. The van der Waals surface area contributed by atoms with Crippen LogP contribution in [0.2, 0.25) is 0 Å². The molecule has 13 nitrogen and oxygen atoms in total. The van der Waals surface area contributed by atoms with Crippen molar-refractivity contribution in [1.29, 1.82) is 0 Å². The smallest absolute Gasteiger partial charge is 0.269 e. The first kappa shape index (κ1) is 23.7. The van der Waals surface area contributed by atoms with E-state index in [-0.39, 0.29) is 28.6 Å². The Balaban J connectivity index is 1.57. The number of carbonyl (C=O) groups excluding carboxylic acids is 2. The summed E-state index contributed by atoms with van der Waals surface area (Å²) in [5, 5.41) is 33.5. The van der Waals surface area contributed by atoms with Gasteiger partial charge in [0.05, 0.1) is 34.4 Å². The molecular formula is C24H18N4O9. The number of rotatable bonds is 6. The fraction of sp³-hybridized carbons (Fsp3) is 0.167. The molecule has 188 valence electrons. The van der Waals surface area contributed by atoms with Gasteiger partial charge < -0.3 is 9.84 Å². The monoisotopic (exact) mass is 506 g/mol. The van der Waals surface area contributed by atoms with Crippen molar-refractivity contribution in [1.82, 2.24) is 0 Å². The van der Waals surface area contributed by atoms with E-state index in [0.717, 1.165) is 4.90 Å². The van der Waals surface area contributed by atoms with Gasteiger partial charge in [-0.05, 0) is 42.0 Å². The number of ether oxygens (including phenoxy) is 1. The third kappa shape index (κ3) is 3.87. The highest BCUT2D eigenvalue weighted by Crippen LogP contribution is 2.48. The quantitative estimate of drug-likeness (QED) is 0.298. The van der Waals surface area contributed by atoms with Crippen LogP contribution in [-0.2, 0) is 14.4 Å². The van der Waals surface area contributed by atoms with Crippen LogP contribution in [0.3, 0.4) is 0 Å². The molecule has 0 aromatic heterocycles. The van der Waals surface area contributed by atoms with E-state index in [1.165, 1.54) is 72.8 Å². The van der Waals surface area contributed by atoms with Crippen LogP contribution in [0.25, 0.3) is 0 Å². The van der Waals surface area contributed by atoms with E-state index in [4.69, 9.17) is 9.57 Å². The van der Waals surface area contributed by atoms with Gasteiger partial charge in [-0.1, -0.05) is 6.07 Å². The number of carbonyl (C=O) groups is 2. The number of aromatic hydroxyl groups is 1. The number of amides is 2. The number of phenols is 1. The molecule has 2 saturated heterocycles. The molecule has 3 atom stereocenters. The largest absolute Gasteiger partial charge is 0.504 e. The van der Waals surface area contributed by atoms with Gasteiger partial charge in [0.1, 0.15) is 5.92 Å². The van der Waals surface area contributed by atoms with Crippen LogP contribution >= 0.6 is 0 Å². The first-order chi connectivity index (χ1) is 17.7. The highest BCUT2D eigenvalue weighted by Gasteiger charge is 2.60. The maximum atomic E-state index is 13.6. The Labute approximate surface area is 208 Å². The summed E-state index contributed by atoms with van der Waals surface area (Å²) in [7, 11) is 1.36. The maximum absolute atomic E-state index is 13.6. The lowest BCUT2D eigenvalue weighted by molar-refractivity contribution is -0.385. The van der Waals surface area contributed by atoms with E-state index in [2.05, 4.69) is 0 Å². The van der Waals surface area contributed by atoms with Crippen LogP contribution in [0.4, 0.5) is 22.7 Å². The number of imide groups is 1. The zero-order chi connectivity index (χ0) is 26.4. The van der Waals surface area contributed by atoms with Crippen molar-refractivity contribution in [3.8, 4) is 11.5 Å². The van der Waals surface area contributed by atoms with Crippen molar-refractivity contribution in [3.63, 3.8) is 0 Å². The maximum Gasteiger partial charge on any atom is 0.269 e. The van der Waals surface area contributed by atoms with Gasteiger partial charge in [-0.2, -0.15) is 0 Å². The highest BCUT2D eigenvalue weighted by atomic mass is 16.7. The molecule has 13 heteroatoms. The number of nitrogens with zero attached hydrogens (tertiary/aromatic N) is 4. The SMILES string of the molecule is COc1cc([C@H]2[C@H]3C(=O)N(c4ccc([N+](=O)[O-])cc4)C(=O)[C@H]3ON2c2ccc([N+](=O)[O-])cc2)ccc1O. The summed E-state index contributed by atoms with van der Waals surface area (Å²) in [5.74, 6) is -2.29. The number of hydrogen-bond donors (Lipinski definition) is 1. The lowest BCUT2D eigenvalue weighted by Gasteiger charge is -2.29. The van der Waals surface area contributed by atoms with Crippen LogP contribution in [0, 0.1) is 26.1 Å². The Morgan fingerprint density at radius 3 is 1.97 bits per heavy atom. The molecule has 0 bridgehead atoms. The lowest BCUT2D eigenvalue weighted by atomic mass is 9.90. The second-order valence-corrected chi connectivity index (χ2v) is 8.31. The van der Waals surface area contributed by atoms with Crippen LogP contribution < -0.4 is 14.7 Å². The molecule has 1 N–H and O–H groups in total. The van der Waals surface area contributed by atoms with Crippen molar-refractivity contribution in [3.05, 3.63) is 92.5 Å².